The lowest BCUT2D eigenvalue weighted by Crippen LogP contribution is -1.80. The van der Waals surface area contributed by atoms with Crippen LogP contribution in [0.3, 0.4) is 0 Å². The molecule has 3 aromatic carbocycles. The molecule has 0 aliphatic carbocycles. The molecule has 0 atom stereocenters. The lowest BCUT2D eigenvalue weighted by atomic mass is 10.1. The zero-order valence-corrected chi connectivity index (χ0v) is 15.2. The number of phenolic OH excluding ortho intramolecular Hbond substituents is 2. The third-order valence-electron chi connectivity index (χ3n) is 4.32. The molecule has 0 aliphatic rings. The van der Waals surface area contributed by atoms with Crippen LogP contribution in [0, 0.1) is 0 Å². The summed E-state index contributed by atoms with van der Waals surface area (Å²) in [5, 5.41) is 28.1. The van der Waals surface area contributed by atoms with Crippen LogP contribution >= 0.6 is 11.3 Å². The largest absolute Gasteiger partial charge is 0.504 e. The maximum Gasteiger partial charge on any atom is 0.248 e. The van der Waals surface area contributed by atoms with Gasteiger partial charge in [-0.15, -0.1) is 21.5 Å². The van der Waals surface area contributed by atoms with Gasteiger partial charge in [0, 0.05) is 16.7 Å². The highest BCUT2D eigenvalue weighted by molar-refractivity contribution is 7.21. The van der Waals surface area contributed by atoms with E-state index in [1.54, 1.807) is 17.4 Å². The molecule has 0 aliphatic heterocycles. The molecule has 28 heavy (non-hydrogen) atoms. The van der Waals surface area contributed by atoms with Crippen molar-refractivity contribution >= 4 is 21.6 Å². The molecule has 0 spiro atoms. The topological polar surface area (TPSA) is 92.3 Å². The fourth-order valence-corrected chi connectivity index (χ4v) is 3.84. The highest BCUT2D eigenvalue weighted by atomic mass is 32.1. The monoisotopic (exact) mass is 387 g/mol. The summed E-state index contributed by atoms with van der Waals surface area (Å²) in [7, 11) is 0. The van der Waals surface area contributed by atoms with Gasteiger partial charge in [-0.2, -0.15) is 0 Å². The first-order chi connectivity index (χ1) is 13.7. The van der Waals surface area contributed by atoms with Gasteiger partial charge in [0.05, 0.1) is 10.2 Å². The molecule has 0 radical (unpaired) electrons. The predicted octanol–water partition coefficient (Wildman–Crippen LogP) is 5.09. The number of hydrogen-bond donors (Lipinski definition) is 2. The molecule has 2 heterocycles. The van der Waals surface area contributed by atoms with Crippen LogP contribution in [0.2, 0.25) is 0 Å². The van der Waals surface area contributed by atoms with Crippen LogP contribution in [-0.2, 0) is 0 Å². The Labute approximate surface area is 163 Å². The van der Waals surface area contributed by atoms with Gasteiger partial charge in [-0.05, 0) is 42.5 Å². The number of phenols is 2. The van der Waals surface area contributed by atoms with Gasteiger partial charge in [-0.25, -0.2) is 4.98 Å². The van der Waals surface area contributed by atoms with E-state index in [9.17, 15) is 10.2 Å². The third kappa shape index (κ3) is 2.87. The van der Waals surface area contributed by atoms with Crippen LogP contribution in [0.25, 0.3) is 43.7 Å². The van der Waals surface area contributed by atoms with E-state index in [1.807, 2.05) is 42.5 Å². The molecular formula is C21H13N3O3S. The molecule has 0 amide bonds. The number of para-hydroxylation sites is 1. The highest BCUT2D eigenvalue weighted by Crippen LogP contribution is 2.33. The van der Waals surface area contributed by atoms with E-state index in [1.165, 1.54) is 12.1 Å². The maximum atomic E-state index is 9.63. The van der Waals surface area contributed by atoms with Gasteiger partial charge in [0.2, 0.25) is 11.8 Å². The Morgan fingerprint density at radius 3 is 2.14 bits per heavy atom. The van der Waals surface area contributed by atoms with Crippen molar-refractivity contribution in [3.63, 3.8) is 0 Å². The predicted molar refractivity (Wildman–Crippen MR) is 107 cm³/mol. The van der Waals surface area contributed by atoms with Crippen molar-refractivity contribution in [1.29, 1.82) is 0 Å². The van der Waals surface area contributed by atoms with E-state index >= 15 is 0 Å². The normalized spacial score (nSPS) is 11.1. The number of thiazole rings is 1. The van der Waals surface area contributed by atoms with Gasteiger partial charge in [0.1, 0.15) is 5.01 Å². The molecule has 7 heteroatoms. The molecule has 2 aromatic heterocycles. The summed E-state index contributed by atoms with van der Waals surface area (Å²) in [6.07, 6.45) is 0. The number of hydrogen-bond acceptors (Lipinski definition) is 7. The van der Waals surface area contributed by atoms with Crippen molar-refractivity contribution in [2.75, 3.05) is 0 Å². The SMILES string of the molecule is Oc1ccc(-c2nnc(-c3ccc(-c4nc5ccccc5s4)cc3)o2)cc1O. The van der Waals surface area contributed by atoms with Gasteiger partial charge in [0.15, 0.2) is 11.5 Å². The summed E-state index contributed by atoms with van der Waals surface area (Å²) < 4.78 is 6.87. The molecule has 136 valence electrons. The van der Waals surface area contributed by atoms with E-state index in [0.29, 0.717) is 11.5 Å². The van der Waals surface area contributed by atoms with Crippen molar-refractivity contribution in [3.8, 4) is 45.0 Å². The quantitative estimate of drug-likeness (QED) is 0.419. The van der Waals surface area contributed by atoms with Gasteiger partial charge >= 0.3 is 0 Å². The minimum Gasteiger partial charge on any atom is -0.504 e. The molecule has 2 N–H and O–H groups in total. The fraction of sp³-hybridized carbons (Fsp3) is 0. The van der Waals surface area contributed by atoms with Gasteiger partial charge in [-0.3, -0.25) is 0 Å². The number of nitrogens with zero attached hydrogens (tertiary/aromatic N) is 3. The Morgan fingerprint density at radius 1 is 0.714 bits per heavy atom. The van der Waals surface area contributed by atoms with E-state index in [2.05, 4.69) is 21.2 Å². The second-order valence-corrected chi connectivity index (χ2v) is 7.21. The van der Waals surface area contributed by atoms with Crippen molar-refractivity contribution in [2.45, 2.75) is 0 Å². The summed E-state index contributed by atoms with van der Waals surface area (Å²) in [5.41, 5.74) is 3.32. The van der Waals surface area contributed by atoms with Crippen LogP contribution in [0.15, 0.2) is 71.1 Å². The van der Waals surface area contributed by atoms with Crippen LogP contribution < -0.4 is 0 Å². The second kappa shape index (κ2) is 6.47. The fourth-order valence-electron chi connectivity index (χ4n) is 2.86. The Hall–Kier alpha value is -3.71. The molecular weight excluding hydrogens is 374 g/mol. The lowest BCUT2D eigenvalue weighted by molar-refractivity contribution is 0.404. The summed E-state index contributed by atoms with van der Waals surface area (Å²) in [4.78, 5) is 4.67. The molecule has 5 rings (SSSR count). The van der Waals surface area contributed by atoms with E-state index in [4.69, 9.17) is 4.42 Å². The molecule has 5 aromatic rings. The van der Waals surface area contributed by atoms with Crippen molar-refractivity contribution in [3.05, 3.63) is 66.7 Å². The number of aromatic hydroxyl groups is 2. The minimum atomic E-state index is -0.238. The Kier molecular flexibility index (Phi) is 3.80. The average molecular weight is 387 g/mol. The van der Waals surface area contributed by atoms with Crippen LogP contribution in [0.1, 0.15) is 0 Å². The highest BCUT2D eigenvalue weighted by Gasteiger charge is 2.13. The minimum absolute atomic E-state index is 0.200. The number of aromatic nitrogens is 3. The first-order valence-electron chi connectivity index (χ1n) is 8.49. The van der Waals surface area contributed by atoms with Crippen molar-refractivity contribution < 1.29 is 14.6 Å². The molecule has 0 saturated heterocycles. The summed E-state index contributed by atoms with van der Waals surface area (Å²) in [5.74, 6) is 0.199. The molecule has 0 saturated carbocycles. The molecule has 0 fully saturated rings. The van der Waals surface area contributed by atoms with E-state index in [-0.39, 0.29) is 17.4 Å². The van der Waals surface area contributed by atoms with Crippen LogP contribution in [0.5, 0.6) is 11.5 Å². The number of benzene rings is 3. The lowest BCUT2D eigenvalue weighted by Gasteiger charge is -1.99. The van der Waals surface area contributed by atoms with Gasteiger partial charge in [0.25, 0.3) is 0 Å². The van der Waals surface area contributed by atoms with Crippen molar-refractivity contribution in [1.82, 2.24) is 15.2 Å². The number of rotatable bonds is 3. The van der Waals surface area contributed by atoms with Gasteiger partial charge in [-0.1, -0.05) is 24.3 Å². The van der Waals surface area contributed by atoms with Gasteiger partial charge < -0.3 is 14.6 Å². The zero-order chi connectivity index (χ0) is 19.1. The third-order valence-corrected chi connectivity index (χ3v) is 5.41. The van der Waals surface area contributed by atoms with E-state index in [0.717, 1.165) is 26.4 Å². The maximum absolute atomic E-state index is 9.63. The summed E-state index contributed by atoms with van der Waals surface area (Å²) >= 11 is 1.65. The standard InChI is InChI=1S/C21H13N3O3S/c25-16-10-9-14(11-17(16)26)20-24-23-19(27-20)12-5-7-13(8-6-12)21-22-15-3-1-2-4-18(15)28-21/h1-11,25-26H. The molecule has 6 nitrogen and oxygen atoms in total. The average Bonchev–Trinajstić information content (AvgIpc) is 3.37. The summed E-state index contributed by atoms with van der Waals surface area (Å²) in [6, 6.07) is 20.2. The first kappa shape index (κ1) is 16.5. The first-order valence-corrected chi connectivity index (χ1v) is 9.31. The molecule has 0 unspecified atom stereocenters. The Morgan fingerprint density at radius 2 is 1.39 bits per heavy atom. The summed E-state index contributed by atoms with van der Waals surface area (Å²) in [6.45, 7) is 0. The zero-order valence-electron chi connectivity index (χ0n) is 14.4. The molecule has 0 bridgehead atoms. The smallest absolute Gasteiger partial charge is 0.248 e. The van der Waals surface area contributed by atoms with E-state index < -0.39 is 0 Å². The second-order valence-electron chi connectivity index (χ2n) is 6.18. The van der Waals surface area contributed by atoms with Crippen molar-refractivity contribution in [2.24, 2.45) is 0 Å². The number of fused-ring (bicyclic) bond motifs is 1. The van der Waals surface area contributed by atoms with Crippen LogP contribution in [0.4, 0.5) is 0 Å². The van der Waals surface area contributed by atoms with Crippen LogP contribution in [-0.4, -0.2) is 25.4 Å². The Bertz CT molecular complexity index is 1260. The Balaban J connectivity index is 1.44.